The van der Waals surface area contributed by atoms with Crippen LogP contribution in [0.4, 0.5) is 0 Å². The third-order valence-electron chi connectivity index (χ3n) is 6.72. The number of hydrogen-bond donors (Lipinski definition) is 0. The Morgan fingerprint density at radius 1 is 1.07 bits per heavy atom. The van der Waals surface area contributed by atoms with Gasteiger partial charge < -0.3 is 14.2 Å². The monoisotopic (exact) mass is 632 g/mol. The van der Waals surface area contributed by atoms with E-state index in [1.165, 1.54) is 11.3 Å². The molecular weight excluding hydrogens is 604 g/mol. The lowest BCUT2D eigenvalue weighted by molar-refractivity contribution is -0.139. The Kier molecular flexibility index (Phi) is 8.56. The predicted molar refractivity (Wildman–Crippen MR) is 163 cm³/mol. The summed E-state index contributed by atoms with van der Waals surface area (Å²) in [5.74, 6) is 0.643. The van der Waals surface area contributed by atoms with Gasteiger partial charge in [-0.3, -0.25) is 9.36 Å². The molecule has 210 valence electrons. The van der Waals surface area contributed by atoms with Gasteiger partial charge >= 0.3 is 5.97 Å². The molecule has 0 fully saturated rings. The number of rotatable bonds is 8. The first kappa shape index (κ1) is 28.6. The minimum absolute atomic E-state index is 0.224. The topological polar surface area (TPSA) is 79.1 Å². The summed E-state index contributed by atoms with van der Waals surface area (Å²) in [5.41, 5.74) is 4.31. The third-order valence-corrected chi connectivity index (χ3v) is 8.39. The zero-order valence-electron chi connectivity index (χ0n) is 23.1. The van der Waals surface area contributed by atoms with E-state index in [4.69, 9.17) is 14.2 Å². The lowest BCUT2D eigenvalue weighted by Crippen LogP contribution is -2.39. The van der Waals surface area contributed by atoms with E-state index in [1.807, 2.05) is 73.7 Å². The Bertz CT molecular complexity index is 1810. The maximum absolute atomic E-state index is 13.9. The van der Waals surface area contributed by atoms with E-state index in [1.54, 1.807) is 31.6 Å². The van der Waals surface area contributed by atoms with Crippen molar-refractivity contribution in [2.75, 3.05) is 13.7 Å². The molecule has 7 nitrogen and oxygen atoms in total. The van der Waals surface area contributed by atoms with Crippen LogP contribution in [-0.2, 0) is 16.1 Å². The summed E-state index contributed by atoms with van der Waals surface area (Å²) in [6.45, 7) is 6.14. The third kappa shape index (κ3) is 5.92. The van der Waals surface area contributed by atoms with Crippen LogP contribution in [0.15, 0.2) is 92.3 Å². The number of halogens is 1. The number of aromatic nitrogens is 1. The van der Waals surface area contributed by atoms with Gasteiger partial charge in [-0.1, -0.05) is 87.4 Å². The number of allylic oxidation sites excluding steroid dienone is 1. The van der Waals surface area contributed by atoms with Crippen LogP contribution in [-0.4, -0.2) is 24.3 Å². The van der Waals surface area contributed by atoms with Crippen molar-refractivity contribution in [3.63, 3.8) is 0 Å². The number of aryl methyl sites for hydroxylation is 1. The van der Waals surface area contributed by atoms with E-state index in [0.29, 0.717) is 38.7 Å². The van der Waals surface area contributed by atoms with Crippen molar-refractivity contribution in [2.45, 2.75) is 33.4 Å². The fourth-order valence-electron chi connectivity index (χ4n) is 4.67. The van der Waals surface area contributed by atoms with E-state index in [-0.39, 0.29) is 12.2 Å². The van der Waals surface area contributed by atoms with Gasteiger partial charge in [0.25, 0.3) is 5.56 Å². The molecule has 1 aromatic heterocycles. The molecule has 0 saturated carbocycles. The lowest BCUT2D eigenvalue weighted by atomic mass is 9.95. The molecule has 0 radical (unpaired) electrons. The van der Waals surface area contributed by atoms with Crippen LogP contribution in [0.2, 0.25) is 0 Å². The molecule has 0 saturated heterocycles. The molecule has 4 aromatic rings. The molecule has 0 bridgehead atoms. The van der Waals surface area contributed by atoms with Crippen LogP contribution in [0.25, 0.3) is 6.08 Å². The van der Waals surface area contributed by atoms with E-state index in [9.17, 15) is 9.59 Å². The van der Waals surface area contributed by atoms with Gasteiger partial charge in [0.05, 0.1) is 35.6 Å². The number of esters is 1. The molecule has 2 heterocycles. The average Bonchev–Trinajstić information content (AvgIpc) is 3.27. The van der Waals surface area contributed by atoms with Crippen molar-refractivity contribution in [1.29, 1.82) is 0 Å². The van der Waals surface area contributed by atoms with E-state index in [2.05, 4.69) is 20.9 Å². The summed E-state index contributed by atoms with van der Waals surface area (Å²) < 4.78 is 19.8. The molecule has 1 atom stereocenters. The van der Waals surface area contributed by atoms with Crippen LogP contribution in [0.5, 0.6) is 11.5 Å². The summed E-state index contributed by atoms with van der Waals surface area (Å²) in [5, 5.41) is 0. The standard InChI is InChI=1S/C32H29BrN2O5S/c1-5-39-31(37)28-20(3)34-32-35(29(28)22-13-11-19(2)12-14-22)30(36)27(41-32)16-23-15-25(38-4)26(17-24(23)33)40-18-21-9-7-6-8-10-21/h6-17,29H,5,18H2,1-4H3/b27-16+/t29-/m0/s1. The second kappa shape index (κ2) is 12.3. The SMILES string of the molecule is CCOC(=O)C1=C(C)N=c2s/c(=C/c3cc(OC)c(OCc4ccccc4)cc3Br)c(=O)n2[C@H]1c1ccc(C)cc1. The van der Waals surface area contributed by atoms with Crippen molar-refractivity contribution in [3.8, 4) is 11.5 Å². The Balaban J connectivity index is 1.59. The molecule has 3 aromatic carbocycles. The average molecular weight is 634 g/mol. The maximum Gasteiger partial charge on any atom is 0.338 e. The van der Waals surface area contributed by atoms with Crippen LogP contribution in [0.3, 0.4) is 0 Å². The summed E-state index contributed by atoms with van der Waals surface area (Å²) >= 11 is 4.91. The molecule has 1 aliphatic heterocycles. The normalized spacial score (nSPS) is 14.9. The summed E-state index contributed by atoms with van der Waals surface area (Å²) in [6.07, 6.45) is 1.80. The van der Waals surface area contributed by atoms with Gasteiger partial charge in [0, 0.05) is 4.47 Å². The molecule has 41 heavy (non-hydrogen) atoms. The molecule has 9 heteroatoms. The highest BCUT2D eigenvalue weighted by atomic mass is 79.9. The number of carbonyl (C=O) groups excluding carboxylic acids is 1. The zero-order chi connectivity index (χ0) is 29.1. The fourth-order valence-corrected chi connectivity index (χ4v) is 6.14. The van der Waals surface area contributed by atoms with E-state index < -0.39 is 12.0 Å². The number of nitrogens with zero attached hydrogens (tertiary/aromatic N) is 2. The largest absolute Gasteiger partial charge is 0.493 e. The van der Waals surface area contributed by atoms with Crippen molar-refractivity contribution in [1.82, 2.24) is 4.57 Å². The highest BCUT2D eigenvalue weighted by Gasteiger charge is 2.33. The van der Waals surface area contributed by atoms with Gasteiger partial charge in [-0.25, -0.2) is 9.79 Å². The highest BCUT2D eigenvalue weighted by Crippen LogP contribution is 2.35. The molecule has 1 aliphatic rings. The van der Waals surface area contributed by atoms with Crippen LogP contribution >= 0.6 is 27.3 Å². The van der Waals surface area contributed by atoms with Gasteiger partial charge in [-0.15, -0.1) is 0 Å². The number of fused-ring (bicyclic) bond motifs is 1. The molecule has 0 unspecified atom stereocenters. The number of carbonyl (C=O) groups is 1. The Hall–Kier alpha value is -3.95. The second-order valence-corrected chi connectivity index (χ2v) is 11.4. The smallest absolute Gasteiger partial charge is 0.338 e. The zero-order valence-corrected chi connectivity index (χ0v) is 25.5. The molecular formula is C32H29BrN2O5S. The molecule has 0 aliphatic carbocycles. The first-order valence-corrected chi connectivity index (χ1v) is 14.7. The van der Waals surface area contributed by atoms with Crippen LogP contribution in [0.1, 0.15) is 42.1 Å². The van der Waals surface area contributed by atoms with Gasteiger partial charge in [-0.05, 0) is 55.7 Å². The van der Waals surface area contributed by atoms with Gasteiger partial charge in [0.2, 0.25) is 0 Å². The van der Waals surface area contributed by atoms with Gasteiger partial charge in [0.15, 0.2) is 16.3 Å². The summed E-state index contributed by atoms with van der Waals surface area (Å²) in [6, 6.07) is 20.7. The quantitative estimate of drug-likeness (QED) is 0.241. The van der Waals surface area contributed by atoms with Gasteiger partial charge in [0.1, 0.15) is 6.61 Å². The maximum atomic E-state index is 13.9. The first-order valence-electron chi connectivity index (χ1n) is 13.1. The second-order valence-electron chi connectivity index (χ2n) is 9.51. The van der Waals surface area contributed by atoms with Gasteiger partial charge in [-0.2, -0.15) is 0 Å². The van der Waals surface area contributed by atoms with Crippen molar-refractivity contribution >= 4 is 39.3 Å². The van der Waals surface area contributed by atoms with Crippen LogP contribution in [0, 0.1) is 6.92 Å². The fraction of sp³-hybridized carbons (Fsp3) is 0.219. The van der Waals surface area contributed by atoms with Crippen molar-refractivity contribution in [2.24, 2.45) is 4.99 Å². The number of hydrogen-bond acceptors (Lipinski definition) is 7. The predicted octanol–water partition coefficient (Wildman–Crippen LogP) is 5.46. The Labute approximate surface area is 250 Å². The lowest BCUT2D eigenvalue weighted by Gasteiger charge is -2.24. The minimum atomic E-state index is -0.653. The Morgan fingerprint density at radius 3 is 2.49 bits per heavy atom. The minimum Gasteiger partial charge on any atom is -0.493 e. The van der Waals surface area contributed by atoms with Crippen molar-refractivity contribution in [3.05, 3.63) is 124 Å². The van der Waals surface area contributed by atoms with Crippen LogP contribution < -0.4 is 24.4 Å². The summed E-state index contributed by atoms with van der Waals surface area (Å²) in [7, 11) is 1.58. The number of ether oxygens (including phenoxy) is 3. The molecule has 0 N–H and O–H groups in total. The molecule has 0 amide bonds. The molecule has 5 rings (SSSR count). The summed E-state index contributed by atoms with van der Waals surface area (Å²) in [4.78, 5) is 32.2. The molecule has 0 spiro atoms. The van der Waals surface area contributed by atoms with E-state index in [0.717, 1.165) is 26.7 Å². The number of thiazole rings is 1. The van der Waals surface area contributed by atoms with Crippen molar-refractivity contribution < 1.29 is 19.0 Å². The number of methoxy groups -OCH3 is 1. The highest BCUT2D eigenvalue weighted by molar-refractivity contribution is 9.10. The first-order chi connectivity index (χ1) is 19.8. The number of benzene rings is 3. The van der Waals surface area contributed by atoms with E-state index >= 15 is 0 Å². The Morgan fingerprint density at radius 2 is 1.80 bits per heavy atom.